The third kappa shape index (κ3) is 3.61. The summed E-state index contributed by atoms with van der Waals surface area (Å²) >= 11 is 0. The maximum Gasteiger partial charge on any atom is 0.258 e. The van der Waals surface area contributed by atoms with Crippen LogP contribution in [0.4, 0.5) is 0 Å². The summed E-state index contributed by atoms with van der Waals surface area (Å²) in [7, 11) is 0. The van der Waals surface area contributed by atoms with Gasteiger partial charge in [-0.3, -0.25) is 4.90 Å². The fraction of sp³-hybridized carbons (Fsp3) is 0.579. The van der Waals surface area contributed by atoms with Crippen molar-refractivity contribution >= 4 is 0 Å². The van der Waals surface area contributed by atoms with Crippen molar-refractivity contribution in [2.45, 2.75) is 57.0 Å². The first-order chi connectivity index (χ1) is 12.1. The average molecular weight is 343 g/mol. The molecule has 0 amide bonds. The van der Waals surface area contributed by atoms with E-state index in [1.54, 1.807) is 0 Å². The van der Waals surface area contributed by atoms with E-state index in [9.17, 15) is 5.11 Å². The largest absolute Gasteiger partial charge is 0.380 e. The highest BCUT2D eigenvalue weighted by molar-refractivity contribution is 5.14. The van der Waals surface area contributed by atoms with E-state index >= 15 is 0 Å². The van der Waals surface area contributed by atoms with Crippen molar-refractivity contribution < 1.29 is 14.4 Å². The third-order valence-corrected chi connectivity index (χ3v) is 5.14. The van der Waals surface area contributed by atoms with Gasteiger partial charge in [0, 0.05) is 19.6 Å². The Labute approximate surface area is 147 Å². The summed E-state index contributed by atoms with van der Waals surface area (Å²) in [5.74, 6) is 0.886. The lowest BCUT2D eigenvalue weighted by Crippen LogP contribution is -2.42. The number of morpholine rings is 1. The van der Waals surface area contributed by atoms with E-state index in [4.69, 9.17) is 9.26 Å². The first kappa shape index (κ1) is 16.7. The van der Waals surface area contributed by atoms with Crippen LogP contribution in [0.25, 0.3) is 0 Å². The van der Waals surface area contributed by atoms with Gasteiger partial charge in [-0.15, -0.1) is 0 Å². The summed E-state index contributed by atoms with van der Waals surface area (Å²) in [6.07, 6.45) is 3.24. The molecule has 0 radical (unpaired) electrons. The maximum atomic E-state index is 10.6. The van der Waals surface area contributed by atoms with Crippen LogP contribution in [0.2, 0.25) is 0 Å². The first-order valence-corrected chi connectivity index (χ1v) is 9.11. The normalized spacial score (nSPS) is 26.8. The van der Waals surface area contributed by atoms with Gasteiger partial charge in [-0.2, -0.15) is 4.98 Å². The van der Waals surface area contributed by atoms with E-state index in [1.807, 2.05) is 6.07 Å². The van der Waals surface area contributed by atoms with Crippen LogP contribution in [-0.4, -0.2) is 39.3 Å². The van der Waals surface area contributed by atoms with E-state index in [0.717, 1.165) is 32.5 Å². The molecule has 2 fully saturated rings. The van der Waals surface area contributed by atoms with E-state index < -0.39 is 5.60 Å². The molecule has 134 valence electrons. The van der Waals surface area contributed by atoms with Crippen molar-refractivity contribution in [3.05, 3.63) is 47.6 Å². The SMILES string of the molecule is C[C@@H]1CN(Cc2ccccc2)C[C@H](c2noc(C3(O)CCCC3)n2)O1. The van der Waals surface area contributed by atoms with Gasteiger partial charge < -0.3 is 14.4 Å². The Morgan fingerprint density at radius 1 is 1.20 bits per heavy atom. The summed E-state index contributed by atoms with van der Waals surface area (Å²) in [5, 5.41) is 14.7. The monoisotopic (exact) mass is 343 g/mol. The molecule has 2 atom stereocenters. The number of benzene rings is 1. The number of nitrogens with zero attached hydrogens (tertiary/aromatic N) is 3. The molecule has 1 aromatic carbocycles. The molecule has 4 rings (SSSR count). The van der Waals surface area contributed by atoms with Gasteiger partial charge in [-0.1, -0.05) is 35.5 Å². The third-order valence-electron chi connectivity index (χ3n) is 5.14. The number of ether oxygens (including phenoxy) is 1. The van der Waals surface area contributed by atoms with Gasteiger partial charge in [0.25, 0.3) is 5.89 Å². The molecule has 6 heteroatoms. The second-order valence-electron chi connectivity index (χ2n) is 7.31. The molecule has 1 aliphatic heterocycles. The van der Waals surface area contributed by atoms with Crippen LogP contribution in [0, 0.1) is 0 Å². The number of rotatable bonds is 4. The van der Waals surface area contributed by atoms with Gasteiger partial charge in [0.1, 0.15) is 11.7 Å². The van der Waals surface area contributed by atoms with Gasteiger partial charge in [0.2, 0.25) is 5.82 Å². The van der Waals surface area contributed by atoms with Crippen molar-refractivity contribution in [1.29, 1.82) is 0 Å². The lowest BCUT2D eigenvalue weighted by molar-refractivity contribution is -0.0856. The van der Waals surface area contributed by atoms with Crippen molar-refractivity contribution in [3.8, 4) is 0 Å². The predicted octanol–water partition coefficient (Wildman–Crippen LogP) is 2.79. The van der Waals surface area contributed by atoms with Gasteiger partial charge >= 0.3 is 0 Å². The predicted molar refractivity (Wildman–Crippen MR) is 91.7 cm³/mol. The highest BCUT2D eigenvalue weighted by Crippen LogP contribution is 2.38. The second kappa shape index (κ2) is 6.86. The smallest absolute Gasteiger partial charge is 0.258 e. The molecule has 1 N–H and O–H groups in total. The molecule has 1 saturated carbocycles. The molecule has 6 nitrogen and oxygen atoms in total. The fourth-order valence-electron chi connectivity index (χ4n) is 3.88. The van der Waals surface area contributed by atoms with Gasteiger partial charge in [-0.05, 0) is 38.2 Å². The van der Waals surface area contributed by atoms with Crippen molar-refractivity contribution in [3.63, 3.8) is 0 Å². The molecular formula is C19H25N3O3. The van der Waals surface area contributed by atoms with E-state index in [0.29, 0.717) is 24.6 Å². The Bertz CT molecular complexity index is 697. The summed E-state index contributed by atoms with van der Waals surface area (Å²) in [6.45, 7) is 4.53. The number of aliphatic hydroxyl groups is 1. The molecular weight excluding hydrogens is 318 g/mol. The lowest BCUT2D eigenvalue weighted by atomic mass is 10.0. The minimum Gasteiger partial charge on any atom is -0.380 e. The maximum absolute atomic E-state index is 10.6. The lowest BCUT2D eigenvalue weighted by Gasteiger charge is -2.35. The summed E-state index contributed by atoms with van der Waals surface area (Å²) in [6, 6.07) is 10.4. The molecule has 1 aromatic heterocycles. The molecule has 0 unspecified atom stereocenters. The molecule has 1 aliphatic carbocycles. The minimum atomic E-state index is -0.949. The number of hydrogen-bond acceptors (Lipinski definition) is 6. The summed E-state index contributed by atoms with van der Waals surface area (Å²) in [4.78, 5) is 6.84. The molecule has 2 aliphatic rings. The van der Waals surface area contributed by atoms with Crippen LogP contribution in [0.5, 0.6) is 0 Å². The van der Waals surface area contributed by atoms with Crippen LogP contribution in [0.15, 0.2) is 34.9 Å². The fourth-order valence-corrected chi connectivity index (χ4v) is 3.88. The Kier molecular flexibility index (Phi) is 4.58. The standard InChI is InChI=1S/C19H25N3O3/c1-14-11-22(12-15-7-3-2-4-8-15)13-16(24-14)17-20-18(25-21-17)19(23)9-5-6-10-19/h2-4,7-8,14,16,23H,5-6,9-13H2,1H3/t14-,16-/m1/s1. The topological polar surface area (TPSA) is 71.6 Å². The zero-order valence-electron chi connectivity index (χ0n) is 14.6. The van der Waals surface area contributed by atoms with Crippen LogP contribution in [0.1, 0.15) is 56.0 Å². The van der Waals surface area contributed by atoms with Crippen LogP contribution in [0.3, 0.4) is 0 Å². The summed E-state index contributed by atoms with van der Waals surface area (Å²) < 4.78 is 11.4. The van der Waals surface area contributed by atoms with Gasteiger partial charge in [-0.25, -0.2) is 0 Å². The van der Waals surface area contributed by atoms with Crippen LogP contribution in [-0.2, 0) is 16.9 Å². The van der Waals surface area contributed by atoms with Gasteiger partial charge in [0.15, 0.2) is 0 Å². The average Bonchev–Trinajstić information content (AvgIpc) is 3.25. The molecule has 25 heavy (non-hydrogen) atoms. The second-order valence-corrected chi connectivity index (χ2v) is 7.31. The quantitative estimate of drug-likeness (QED) is 0.920. The van der Waals surface area contributed by atoms with E-state index in [1.165, 1.54) is 5.56 Å². The number of aromatic nitrogens is 2. The minimum absolute atomic E-state index is 0.0963. The van der Waals surface area contributed by atoms with Crippen molar-refractivity contribution in [2.24, 2.45) is 0 Å². The molecule has 2 aromatic rings. The molecule has 0 spiro atoms. The van der Waals surface area contributed by atoms with Crippen LogP contribution >= 0.6 is 0 Å². The summed E-state index contributed by atoms with van der Waals surface area (Å²) in [5.41, 5.74) is 0.333. The highest BCUT2D eigenvalue weighted by Gasteiger charge is 2.40. The zero-order chi connectivity index (χ0) is 17.3. The van der Waals surface area contributed by atoms with E-state index in [2.05, 4.69) is 46.2 Å². The Hall–Kier alpha value is -1.76. The van der Waals surface area contributed by atoms with Crippen molar-refractivity contribution in [1.82, 2.24) is 15.0 Å². The van der Waals surface area contributed by atoms with Gasteiger partial charge in [0.05, 0.1) is 6.10 Å². The Morgan fingerprint density at radius 2 is 1.96 bits per heavy atom. The molecule has 1 saturated heterocycles. The number of hydrogen-bond donors (Lipinski definition) is 1. The van der Waals surface area contributed by atoms with Crippen molar-refractivity contribution in [2.75, 3.05) is 13.1 Å². The zero-order valence-corrected chi connectivity index (χ0v) is 14.6. The van der Waals surface area contributed by atoms with Crippen LogP contribution < -0.4 is 0 Å². The Balaban J connectivity index is 1.47. The highest BCUT2D eigenvalue weighted by atomic mass is 16.5. The molecule has 0 bridgehead atoms. The molecule has 2 heterocycles. The first-order valence-electron chi connectivity index (χ1n) is 9.11. The Morgan fingerprint density at radius 3 is 2.72 bits per heavy atom. The van der Waals surface area contributed by atoms with E-state index in [-0.39, 0.29) is 12.2 Å².